The van der Waals surface area contributed by atoms with Crippen LogP contribution in [0, 0.1) is 13.8 Å². The van der Waals surface area contributed by atoms with Crippen LogP contribution in [0.1, 0.15) is 46.3 Å². The van der Waals surface area contributed by atoms with E-state index >= 15 is 0 Å². The lowest BCUT2D eigenvalue weighted by Gasteiger charge is -2.13. The summed E-state index contributed by atoms with van der Waals surface area (Å²) in [6.07, 6.45) is 2.88. The molecule has 0 amide bonds. The Bertz CT molecular complexity index is 1340. The molecule has 2 aromatic heterocycles. The van der Waals surface area contributed by atoms with Gasteiger partial charge in [-0.25, -0.2) is 9.97 Å². The van der Waals surface area contributed by atoms with E-state index in [0.29, 0.717) is 6.54 Å². The van der Waals surface area contributed by atoms with Crippen LogP contribution in [0.3, 0.4) is 0 Å². The molecule has 3 heterocycles. The summed E-state index contributed by atoms with van der Waals surface area (Å²) in [4.78, 5) is 9.74. The smallest absolute Gasteiger partial charge is 0.160 e. The predicted octanol–water partition coefficient (Wildman–Crippen LogP) is 4.58. The number of nitrogens with zero attached hydrogens (tertiary/aromatic N) is 3. The van der Waals surface area contributed by atoms with Crippen LogP contribution < -0.4 is 10.6 Å². The largest absolute Gasteiger partial charge is 0.395 e. The quantitative estimate of drug-likeness (QED) is 0.356. The molecule has 1 aliphatic rings. The molecule has 5 rings (SSSR count). The molecule has 0 saturated heterocycles. The van der Waals surface area contributed by atoms with Gasteiger partial charge in [0.15, 0.2) is 5.65 Å². The van der Waals surface area contributed by atoms with Crippen LogP contribution in [-0.2, 0) is 32.4 Å². The molecule has 4 aromatic rings. The van der Waals surface area contributed by atoms with Gasteiger partial charge in [0, 0.05) is 36.6 Å². The highest BCUT2D eigenvalue weighted by atomic mass is 16.3. The molecular weight excluding hydrogens is 422 g/mol. The van der Waals surface area contributed by atoms with E-state index in [2.05, 4.69) is 78.4 Å². The van der Waals surface area contributed by atoms with Crippen molar-refractivity contribution in [2.45, 2.75) is 53.1 Å². The fourth-order valence-corrected chi connectivity index (χ4v) is 4.95. The van der Waals surface area contributed by atoms with Crippen molar-refractivity contribution in [2.75, 3.05) is 18.5 Å². The Labute approximate surface area is 201 Å². The number of pyridine rings is 1. The normalized spacial score (nSPS) is 12.8. The highest BCUT2D eigenvalue weighted by Crippen LogP contribution is 2.32. The van der Waals surface area contributed by atoms with Crippen molar-refractivity contribution in [3.8, 4) is 0 Å². The molecular formula is C28H33N5O. The number of aromatic nitrogens is 3. The van der Waals surface area contributed by atoms with Crippen LogP contribution in [0.5, 0.6) is 0 Å². The van der Waals surface area contributed by atoms with Gasteiger partial charge < -0.3 is 20.3 Å². The minimum Gasteiger partial charge on any atom is -0.395 e. The molecule has 2 aromatic carbocycles. The standard InChI is InChI=1S/C28H33N5O/c1-4-26-32-27-18(2)13-19(3)30-28(27)33(26)17-21-6-10-25-23(15-21)8-7-22-14-20(16-29-11-12-34)5-9-24(22)31-25/h5-6,9-10,13-15,29,31,34H,4,7-8,11-12,16-17H2,1-3H3. The van der Waals surface area contributed by atoms with Gasteiger partial charge in [-0.05, 0) is 72.7 Å². The van der Waals surface area contributed by atoms with Gasteiger partial charge >= 0.3 is 0 Å². The van der Waals surface area contributed by atoms with Gasteiger partial charge in [0.25, 0.3) is 0 Å². The first-order valence-corrected chi connectivity index (χ1v) is 12.2. The molecule has 0 unspecified atom stereocenters. The van der Waals surface area contributed by atoms with Crippen LogP contribution in [0.2, 0.25) is 0 Å². The first-order valence-electron chi connectivity index (χ1n) is 12.2. The lowest BCUT2D eigenvalue weighted by Crippen LogP contribution is -2.17. The number of hydrogen-bond acceptors (Lipinski definition) is 5. The van der Waals surface area contributed by atoms with Gasteiger partial charge in [0.2, 0.25) is 0 Å². The van der Waals surface area contributed by atoms with Gasteiger partial charge in [0.1, 0.15) is 11.3 Å². The van der Waals surface area contributed by atoms with Crippen molar-refractivity contribution in [2.24, 2.45) is 0 Å². The van der Waals surface area contributed by atoms with Crippen LogP contribution >= 0.6 is 0 Å². The molecule has 1 aliphatic heterocycles. The molecule has 6 nitrogen and oxygen atoms in total. The van der Waals surface area contributed by atoms with Crippen molar-refractivity contribution in [3.63, 3.8) is 0 Å². The molecule has 0 aliphatic carbocycles. The topological polar surface area (TPSA) is 75.0 Å². The van der Waals surface area contributed by atoms with Gasteiger partial charge in [-0.2, -0.15) is 0 Å². The summed E-state index contributed by atoms with van der Waals surface area (Å²) in [5.74, 6) is 1.08. The molecule has 176 valence electrons. The van der Waals surface area contributed by atoms with Crippen molar-refractivity contribution >= 4 is 22.5 Å². The first-order chi connectivity index (χ1) is 16.6. The summed E-state index contributed by atoms with van der Waals surface area (Å²) >= 11 is 0. The summed E-state index contributed by atoms with van der Waals surface area (Å²) in [7, 11) is 0. The molecule has 0 spiro atoms. The second kappa shape index (κ2) is 9.57. The Balaban J connectivity index is 1.41. The number of nitrogens with one attached hydrogen (secondary N) is 2. The zero-order valence-corrected chi connectivity index (χ0v) is 20.3. The zero-order chi connectivity index (χ0) is 23.7. The Hall–Kier alpha value is -3.22. The van der Waals surface area contributed by atoms with Crippen molar-refractivity contribution in [3.05, 3.63) is 81.8 Å². The molecule has 0 radical (unpaired) electrons. The first kappa shape index (κ1) is 22.6. The number of imidazole rings is 1. The van der Waals surface area contributed by atoms with Gasteiger partial charge in [0.05, 0.1) is 13.2 Å². The van der Waals surface area contributed by atoms with E-state index in [1.165, 1.54) is 39.2 Å². The lowest BCUT2D eigenvalue weighted by atomic mass is 10.0. The number of aliphatic hydroxyl groups excluding tert-OH is 1. The second-order valence-electron chi connectivity index (χ2n) is 9.23. The number of aliphatic hydroxyl groups is 1. The minimum absolute atomic E-state index is 0.161. The maximum absolute atomic E-state index is 9.00. The predicted molar refractivity (Wildman–Crippen MR) is 138 cm³/mol. The van der Waals surface area contributed by atoms with E-state index in [-0.39, 0.29) is 6.61 Å². The number of hydrogen-bond donors (Lipinski definition) is 3. The third kappa shape index (κ3) is 4.43. The molecule has 0 atom stereocenters. The minimum atomic E-state index is 0.161. The summed E-state index contributed by atoms with van der Waals surface area (Å²) in [5.41, 5.74) is 11.8. The van der Waals surface area contributed by atoms with Crippen LogP contribution in [0.15, 0.2) is 42.5 Å². The number of benzene rings is 2. The summed E-state index contributed by atoms with van der Waals surface area (Å²) in [5, 5.41) is 15.9. The number of anilines is 2. The van der Waals surface area contributed by atoms with Gasteiger partial charge in [-0.15, -0.1) is 0 Å². The van der Waals surface area contributed by atoms with E-state index in [1.807, 2.05) is 0 Å². The van der Waals surface area contributed by atoms with Gasteiger partial charge in [-0.3, -0.25) is 0 Å². The van der Waals surface area contributed by atoms with E-state index in [4.69, 9.17) is 15.1 Å². The Kier molecular flexibility index (Phi) is 6.35. The molecule has 0 fully saturated rings. The highest BCUT2D eigenvalue weighted by molar-refractivity contribution is 5.76. The summed E-state index contributed by atoms with van der Waals surface area (Å²) in [6.45, 7) is 8.65. The fourth-order valence-electron chi connectivity index (χ4n) is 4.95. The Morgan fingerprint density at radius 3 is 2.38 bits per heavy atom. The van der Waals surface area contributed by atoms with Crippen LogP contribution in [0.4, 0.5) is 11.4 Å². The highest BCUT2D eigenvalue weighted by Gasteiger charge is 2.17. The third-order valence-electron chi connectivity index (χ3n) is 6.65. The van der Waals surface area contributed by atoms with E-state index in [0.717, 1.165) is 55.0 Å². The molecule has 3 N–H and O–H groups in total. The average molecular weight is 456 g/mol. The average Bonchev–Trinajstić information content (AvgIpc) is 3.06. The molecule has 0 bridgehead atoms. The number of aryl methyl sites for hydroxylation is 5. The number of fused-ring (bicyclic) bond motifs is 3. The molecule has 6 heteroatoms. The van der Waals surface area contributed by atoms with Crippen molar-refractivity contribution < 1.29 is 5.11 Å². The fraction of sp³-hybridized carbons (Fsp3) is 0.357. The summed E-state index contributed by atoms with van der Waals surface area (Å²) < 4.78 is 2.28. The second-order valence-corrected chi connectivity index (χ2v) is 9.23. The van der Waals surface area contributed by atoms with Crippen molar-refractivity contribution in [1.29, 1.82) is 0 Å². The third-order valence-corrected chi connectivity index (χ3v) is 6.65. The lowest BCUT2D eigenvalue weighted by molar-refractivity contribution is 0.292. The molecule has 0 saturated carbocycles. The van der Waals surface area contributed by atoms with Crippen molar-refractivity contribution in [1.82, 2.24) is 19.9 Å². The summed E-state index contributed by atoms with van der Waals surface area (Å²) in [6, 6.07) is 15.5. The Morgan fingerprint density at radius 2 is 1.68 bits per heavy atom. The maximum Gasteiger partial charge on any atom is 0.160 e. The van der Waals surface area contributed by atoms with Crippen LogP contribution in [0.25, 0.3) is 11.2 Å². The Morgan fingerprint density at radius 1 is 0.971 bits per heavy atom. The van der Waals surface area contributed by atoms with E-state index in [9.17, 15) is 0 Å². The SMILES string of the molecule is CCc1nc2c(C)cc(C)nc2n1Cc1ccc2c(c1)CCc1cc(CNCCO)ccc1N2. The maximum atomic E-state index is 9.00. The molecule has 34 heavy (non-hydrogen) atoms. The van der Waals surface area contributed by atoms with Crippen LogP contribution in [-0.4, -0.2) is 32.8 Å². The zero-order valence-electron chi connectivity index (χ0n) is 20.3. The monoisotopic (exact) mass is 455 g/mol. The number of rotatable bonds is 7. The van der Waals surface area contributed by atoms with E-state index in [1.54, 1.807) is 0 Å². The van der Waals surface area contributed by atoms with E-state index < -0.39 is 0 Å². The van der Waals surface area contributed by atoms with Gasteiger partial charge in [-0.1, -0.05) is 31.2 Å².